The first-order chi connectivity index (χ1) is 16.2. The monoisotopic (exact) mass is 449 g/mol. The first kappa shape index (κ1) is 22.9. The van der Waals surface area contributed by atoms with Crippen molar-refractivity contribution in [3.05, 3.63) is 60.0 Å². The molecule has 0 bridgehead atoms. The number of oxazole rings is 1. The molecule has 6 heteroatoms. The van der Waals surface area contributed by atoms with E-state index in [1.807, 2.05) is 42.5 Å². The van der Waals surface area contributed by atoms with Crippen LogP contribution < -0.4 is 14.2 Å². The van der Waals surface area contributed by atoms with Gasteiger partial charge in [0.15, 0.2) is 11.5 Å². The van der Waals surface area contributed by atoms with Gasteiger partial charge in [-0.05, 0) is 56.4 Å². The first-order valence-corrected chi connectivity index (χ1v) is 11.7. The maximum atomic E-state index is 12.7. The van der Waals surface area contributed by atoms with E-state index in [0.29, 0.717) is 36.1 Å². The van der Waals surface area contributed by atoms with Gasteiger partial charge in [0.25, 0.3) is 0 Å². The minimum atomic E-state index is 0.0578. The second-order valence-corrected chi connectivity index (χ2v) is 8.38. The molecule has 33 heavy (non-hydrogen) atoms. The lowest BCUT2D eigenvalue weighted by atomic mass is 10.1. The Morgan fingerprint density at radius 2 is 1.88 bits per heavy atom. The molecule has 4 rings (SSSR count). The molecule has 1 aliphatic rings. The molecule has 174 valence electrons. The molecule has 6 nitrogen and oxygen atoms in total. The van der Waals surface area contributed by atoms with Crippen LogP contribution in [0.25, 0.3) is 11.5 Å². The van der Waals surface area contributed by atoms with E-state index in [4.69, 9.17) is 18.6 Å². The Balaban J connectivity index is 1.43. The predicted molar refractivity (Wildman–Crippen MR) is 126 cm³/mol. The summed E-state index contributed by atoms with van der Waals surface area (Å²) >= 11 is 0. The van der Waals surface area contributed by atoms with Gasteiger partial charge in [0.05, 0.1) is 31.9 Å². The van der Waals surface area contributed by atoms with E-state index in [9.17, 15) is 4.79 Å². The van der Waals surface area contributed by atoms with Gasteiger partial charge in [0, 0.05) is 17.5 Å². The number of carbonyl (C=O) groups is 1. The number of ether oxygens (including phenoxy) is 3. The summed E-state index contributed by atoms with van der Waals surface area (Å²) in [5.74, 6) is 2.67. The Hall–Kier alpha value is -3.28. The molecule has 0 spiro atoms. The SMILES string of the molecule is CCCOc1ccccc1CC(=O)Cc1coc(-c2ccc(OC)c(OC3CCCC3)c2)n1. The van der Waals surface area contributed by atoms with Gasteiger partial charge < -0.3 is 18.6 Å². The van der Waals surface area contributed by atoms with Crippen LogP contribution in [-0.2, 0) is 17.6 Å². The number of hydrogen-bond donors (Lipinski definition) is 0. The van der Waals surface area contributed by atoms with E-state index in [2.05, 4.69) is 11.9 Å². The molecular formula is C27H31NO5. The average Bonchev–Trinajstić information content (AvgIpc) is 3.51. The maximum absolute atomic E-state index is 12.7. The van der Waals surface area contributed by atoms with Crippen molar-refractivity contribution in [2.75, 3.05) is 13.7 Å². The highest BCUT2D eigenvalue weighted by atomic mass is 16.5. The minimum Gasteiger partial charge on any atom is -0.493 e. The standard InChI is InChI=1S/C27H31NO5/c1-3-14-31-24-11-7-4-8-19(24)15-22(29)17-21-18-32-27(28-21)20-12-13-25(30-2)26(16-20)33-23-9-5-6-10-23/h4,7-8,11-13,16,18,23H,3,5-6,9-10,14-15,17H2,1-2H3. The van der Waals surface area contributed by atoms with Crippen molar-refractivity contribution in [2.24, 2.45) is 0 Å². The van der Waals surface area contributed by atoms with Crippen molar-refractivity contribution in [1.82, 2.24) is 4.98 Å². The third-order valence-corrected chi connectivity index (χ3v) is 5.76. The fraction of sp³-hybridized carbons (Fsp3) is 0.407. The number of methoxy groups -OCH3 is 1. The molecule has 1 saturated carbocycles. The maximum Gasteiger partial charge on any atom is 0.226 e. The summed E-state index contributed by atoms with van der Waals surface area (Å²) in [6, 6.07) is 13.3. The third kappa shape index (κ3) is 5.95. The summed E-state index contributed by atoms with van der Waals surface area (Å²) in [7, 11) is 1.64. The van der Waals surface area contributed by atoms with Crippen molar-refractivity contribution in [2.45, 2.75) is 58.0 Å². The van der Waals surface area contributed by atoms with Gasteiger partial charge in [-0.3, -0.25) is 4.79 Å². The van der Waals surface area contributed by atoms with Crippen LogP contribution in [0.5, 0.6) is 17.2 Å². The fourth-order valence-corrected chi connectivity index (χ4v) is 4.09. The van der Waals surface area contributed by atoms with E-state index >= 15 is 0 Å². The zero-order valence-electron chi connectivity index (χ0n) is 19.3. The predicted octanol–water partition coefficient (Wildman–Crippen LogP) is 5.81. The van der Waals surface area contributed by atoms with E-state index in [1.165, 1.54) is 12.8 Å². The van der Waals surface area contributed by atoms with Crippen LogP contribution in [0.3, 0.4) is 0 Å². The van der Waals surface area contributed by atoms with E-state index in [1.54, 1.807) is 13.4 Å². The summed E-state index contributed by atoms with van der Waals surface area (Å²) in [6.45, 7) is 2.69. The number of carbonyl (C=O) groups excluding carboxylic acids is 1. The Labute approximate surface area is 194 Å². The average molecular weight is 450 g/mol. The van der Waals surface area contributed by atoms with Crippen molar-refractivity contribution >= 4 is 5.78 Å². The molecule has 1 aliphatic carbocycles. The minimum absolute atomic E-state index is 0.0578. The number of aromatic nitrogens is 1. The molecule has 0 saturated heterocycles. The summed E-state index contributed by atoms with van der Waals surface area (Å²) in [5, 5.41) is 0. The van der Waals surface area contributed by atoms with Gasteiger partial charge in [-0.2, -0.15) is 0 Å². The summed E-state index contributed by atoms with van der Waals surface area (Å²) in [4.78, 5) is 17.3. The zero-order chi connectivity index (χ0) is 23.0. The molecule has 0 amide bonds. The van der Waals surface area contributed by atoms with E-state index in [0.717, 1.165) is 36.1 Å². The van der Waals surface area contributed by atoms with Crippen molar-refractivity contribution in [3.63, 3.8) is 0 Å². The number of para-hydroxylation sites is 1. The topological polar surface area (TPSA) is 70.8 Å². The quantitative estimate of drug-likeness (QED) is 0.368. The van der Waals surface area contributed by atoms with Gasteiger partial charge in [-0.15, -0.1) is 0 Å². The molecule has 0 N–H and O–H groups in total. The van der Waals surface area contributed by atoms with Crippen LogP contribution in [0.2, 0.25) is 0 Å². The lowest BCUT2D eigenvalue weighted by molar-refractivity contribution is -0.117. The molecule has 3 aromatic rings. The number of rotatable bonds is 11. The van der Waals surface area contributed by atoms with Crippen LogP contribution in [0.4, 0.5) is 0 Å². The Kier molecular flexibility index (Phi) is 7.66. The molecule has 1 heterocycles. The van der Waals surface area contributed by atoms with Crippen LogP contribution in [0, 0.1) is 0 Å². The summed E-state index contributed by atoms with van der Waals surface area (Å²) in [6.07, 6.45) is 7.69. The second-order valence-electron chi connectivity index (χ2n) is 8.38. The second kappa shape index (κ2) is 11.0. The molecular weight excluding hydrogens is 418 g/mol. The van der Waals surface area contributed by atoms with Crippen molar-refractivity contribution in [1.29, 1.82) is 0 Å². The Morgan fingerprint density at radius 1 is 1.06 bits per heavy atom. The number of nitrogens with zero attached hydrogens (tertiary/aromatic N) is 1. The molecule has 1 aromatic heterocycles. The molecule has 0 radical (unpaired) electrons. The fourth-order valence-electron chi connectivity index (χ4n) is 4.09. The van der Waals surface area contributed by atoms with Gasteiger partial charge >= 0.3 is 0 Å². The highest BCUT2D eigenvalue weighted by molar-refractivity contribution is 5.83. The number of hydrogen-bond acceptors (Lipinski definition) is 6. The van der Waals surface area contributed by atoms with Gasteiger partial charge in [0.1, 0.15) is 17.8 Å². The summed E-state index contributed by atoms with van der Waals surface area (Å²) < 4.78 is 23.1. The molecule has 1 fully saturated rings. The Morgan fingerprint density at radius 3 is 2.67 bits per heavy atom. The van der Waals surface area contributed by atoms with Crippen LogP contribution in [0.1, 0.15) is 50.3 Å². The Bertz CT molecular complexity index is 1070. The van der Waals surface area contributed by atoms with Gasteiger partial charge in [0.2, 0.25) is 5.89 Å². The van der Waals surface area contributed by atoms with E-state index < -0.39 is 0 Å². The van der Waals surface area contributed by atoms with E-state index in [-0.39, 0.29) is 18.3 Å². The van der Waals surface area contributed by atoms with Crippen LogP contribution >= 0.6 is 0 Å². The highest BCUT2D eigenvalue weighted by Gasteiger charge is 2.20. The van der Waals surface area contributed by atoms with Crippen LogP contribution in [0.15, 0.2) is 53.1 Å². The van der Waals surface area contributed by atoms with Gasteiger partial charge in [-0.25, -0.2) is 4.98 Å². The highest BCUT2D eigenvalue weighted by Crippen LogP contribution is 2.35. The largest absolute Gasteiger partial charge is 0.493 e. The van der Waals surface area contributed by atoms with Crippen molar-refractivity contribution in [3.8, 4) is 28.7 Å². The lowest BCUT2D eigenvalue weighted by Crippen LogP contribution is -2.11. The smallest absolute Gasteiger partial charge is 0.226 e. The molecule has 0 aliphatic heterocycles. The normalized spacial score (nSPS) is 13.8. The number of ketones is 1. The first-order valence-electron chi connectivity index (χ1n) is 11.7. The zero-order valence-corrected chi connectivity index (χ0v) is 19.3. The third-order valence-electron chi connectivity index (χ3n) is 5.76. The molecule has 2 aromatic carbocycles. The summed E-state index contributed by atoms with van der Waals surface area (Å²) in [5.41, 5.74) is 2.29. The van der Waals surface area contributed by atoms with Crippen molar-refractivity contribution < 1.29 is 23.4 Å². The molecule has 0 atom stereocenters. The molecule has 0 unspecified atom stereocenters. The van der Waals surface area contributed by atoms with Gasteiger partial charge in [-0.1, -0.05) is 25.1 Å². The number of Topliss-reactive ketones (excluding diaryl/α,β-unsaturated/α-hetero) is 1. The number of benzene rings is 2. The van der Waals surface area contributed by atoms with Crippen LogP contribution in [-0.4, -0.2) is 30.6 Å². The lowest BCUT2D eigenvalue weighted by Gasteiger charge is -2.16.